The van der Waals surface area contributed by atoms with Gasteiger partial charge in [0.1, 0.15) is 12.7 Å². The third kappa shape index (κ3) is 3.24. The fraction of sp³-hybridized carbons (Fsp3) is 0.333. The van der Waals surface area contributed by atoms with E-state index in [1.165, 1.54) is 0 Å². The van der Waals surface area contributed by atoms with Crippen LogP contribution in [-0.4, -0.2) is 26.0 Å². The Labute approximate surface area is 64.1 Å². The van der Waals surface area contributed by atoms with Gasteiger partial charge in [0.15, 0.2) is 0 Å². The summed E-state index contributed by atoms with van der Waals surface area (Å²) < 4.78 is 0. The van der Waals surface area contributed by atoms with E-state index in [9.17, 15) is 4.79 Å². The smallest absolute Gasteiger partial charge is 0.374 e. The summed E-state index contributed by atoms with van der Waals surface area (Å²) in [6.07, 6.45) is 2.27. The van der Waals surface area contributed by atoms with Crippen LogP contribution in [0.4, 0.5) is 0 Å². The van der Waals surface area contributed by atoms with Crippen molar-refractivity contribution in [3.63, 3.8) is 0 Å². The van der Waals surface area contributed by atoms with E-state index in [0.29, 0.717) is 0 Å². The van der Waals surface area contributed by atoms with E-state index in [1.807, 2.05) is 13.8 Å². The lowest BCUT2D eigenvalue weighted by Gasteiger charge is -1.85. The van der Waals surface area contributed by atoms with Crippen LogP contribution >= 0.6 is 0 Å². The highest BCUT2D eigenvalue weighted by molar-refractivity contribution is 5.82. The molecule has 0 aliphatic carbocycles. The summed E-state index contributed by atoms with van der Waals surface area (Å²) in [7, 11) is 0. The van der Waals surface area contributed by atoms with Crippen molar-refractivity contribution in [1.29, 1.82) is 0 Å². The number of hydrogen-bond donors (Lipinski definition) is 1. The maximum absolute atomic E-state index is 10.0. The van der Waals surface area contributed by atoms with E-state index >= 15 is 0 Å². The number of nitrogens with zero attached hydrogens (tertiary/aromatic N) is 3. The summed E-state index contributed by atoms with van der Waals surface area (Å²) in [4.78, 5) is 20.2. The fourth-order valence-corrected chi connectivity index (χ4v) is 0.350. The molecule has 0 aliphatic rings. The van der Waals surface area contributed by atoms with Crippen molar-refractivity contribution in [2.24, 2.45) is 0 Å². The molecule has 0 radical (unpaired) electrons. The normalized spacial score (nSPS) is 7.82. The van der Waals surface area contributed by atoms with Crippen LogP contribution in [-0.2, 0) is 0 Å². The van der Waals surface area contributed by atoms with Gasteiger partial charge in [0, 0.05) is 0 Å². The predicted octanol–water partition coefficient (Wildman–Crippen LogP) is 0.596. The van der Waals surface area contributed by atoms with Gasteiger partial charge in [0.25, 0.3) is 0 Å². The van der Waals surface area contributed by atoms with Gasteiger partial charge in [0.2, 0.25) is 5.82 Å². The first-order chi connectivity index (χ1) is 5.30. The molecule has 0 atom stereocenters. The molecule has 11 heavy (non-hydrogen) atoms. The molecule has 0 aliphatic heterocycles. The van der Waals surface area contributed by atoms with Crippen LogP contribution in [0.1, 0.15) is 24.5 Å². The zero-order valence-electron chi connectivity index (χ0n) is 6.35. The second-order valence-electron chi connectivity index (χ2n) is 1.27. The molecular formula is C6H9N3O2. The Balaban J connectivity index is 0.000000461. The zero-order valence-corrected chi connectivity index (χ0v) is 6.35. The molecular weight excluding hydrogens is 146 g/mol. The Morgan fingerprint density at radius 1 is 1.36 bits per heavy atom. The lowest BCUT2D eigenvalue weighted by atomic mass is 10.6. The Kier molecular flexibility index (Phi) is 4.55. The largest absolute Gasteiger partial charge is 0.475 e. The van der Waals surface area contributed by atoms with Crippen molar-refractivity contribution in [3.8, 4) is 0 Å². The molecule has 5 nitrogen and oxygen atoms in total. The van der Waals surface area contributed by atoms with Crippen LogP contribution in [0.25, 0.3) is 0 Å². The molecule has 0 saturated heterocycles. The van der Waals surface area contributed by atoms with E-state index < -0.39 is 5.97 Å². The van der Waals surface area contributed by atoms with Gasteiger partial charge >= 0.3 is 5.97 Å². The third-order valence-corrected chi connectivity index (χ3v) is 0.685. The minimum Gasteiger partial charge on any atom is -0.475 e. The number of hydrogen-bond acceptors (Lipinski definition) is 4. The Hall–Kier alpha value is -1.52. The highest BCUT2D eigenvalue weighted by Gasteiger charge is 2.01. The zero-order chi connectivity index (χ0) is 8.69. The molecule has 1 N–H and O–H groups in total. The molecule has 0 bridgehead atoms. The number of aromatic carboxylic acids is 1. The molecule has 0 fully saturated rings. The summed E-state index contributed by atoms with van der Waals surface area (Å²) in [6, 6.07) is 0. The maximum Gasteiger partial charge on any atom is 0.374 e. The first kappa shape index (κ1) is 9.48. The Morgan fingerprint density at radius 3 is 2.09 bits per heavy atom. The van der Waals surface area contributed by atoms with Crippen molar-refractivity contribution in [1.82, 2.24) is 15.0 Å². The van der Waals surface area contributed by atoms with Crippen molar-refractivity contribution in [2.45, 2.75) is 13.8 Å². The molecule has 1 heterocycles. The first-order valence-electron chi connectivity index (χ1n) is 3.16. The molecule has 1 aromatic rings. The SMILES string of the molecule is CC.O=C(O)c1ncncn1. The molecule has 1 aromatic heterocycles. The Bertz CT molecular complexity index is 212. The average molecular weight is 155 g/mol. The minimum absolute atomic E-state index is 0.231. The standard InChI is InChI=1S/C4H3N3O2.C2H6/c8-4(9)3-6-1-5-2-7-3;1-2/h1-2H,(H,8,9);1-2H3. The van der Waals surface area contributed by atoms with Crippen molar-refractivity contribution in [3.05, 3.63) is 18.5 Å². The van der Waals surface area contributed by atoms with Gasteiger partial charge in [-0.1, -0.05) is 13.8 Å². The second-order valence-corrected chi connectivity index (χ2v) is 1.27. The average Bonchev–Trinajstić information content (AvgIpc) is 2.10. The number of carboxylic acids is 1. The number of carbonyl (C=O) groups is 1. The van der Waals surface area contributed by atoms with Crippen LogP contribution in [0.2, 0.25) is 0 Å². The van der Waals surface area contributed by atoms with Gasteiger partial charge in [-0.15, -0.1) is 0 Å². The lowest BCUT2D eigenvalue weighted by Crippen LogP contribution is -2.02. The van der Waals surface area contributed by atoms with Crippen molar-refractivity contribution >= 4 is 5.97 Å². The monoisotopic (exact) mass is 155 g/mol. The van der Waals surface area contributed by atoms with E-state index in [2.05, 4.69) is 15.0 Å². The highest BCUT2D eigenvalue weighted by Crippen LogP contribution is 1.81. The fourth-order valence-electron chi connectivity index (χ4n) is 0.350. The van der Waals surface area contributed by atoms with Crippen LogP contribution < -0.4 is 0 Å². The van der Waals surface area contributed by atoms with Gasteiger partial charge in [-0.05, 0) is 0 Å². The number of rotatable bonds is 1. The third-order valence-electron chi connectivity index (χ3n) is 0.685. The van der Waals surface area contributed by atoms with Gasteiger partial charge in [-0.2, -0.15) is 0 Å². The molecule has 1 rings (SSSR count). The number of aromatic nitrogens is 3. The summed E-state index contributed by atoms with van der Waals surface area (Å²) in [5.41, 5.74) is 0. The summed E-state index contributed by atoms with van der Waals surface area (Å²) >= 11 is 0. The van der Waals surface area contributed by atoms with Crippen LogP contribution in [0.5, 0.6) is 0 Å². The van der Waals surface area contributed by atoms with Gasteiger partial charge in [-0.3, -0.25) is 0 Å². The number of carboxylic acid groups (broad SMARTS) is 1. The topological polar surface area (TPSA) is 76.0 Å². The van der Waals surface area contributed by atoms with Crippen LogP contribution in [0.15, 0.2) is 12.7 Å². The predicted molar refractivity (Wildman–Crippen MR) is 38.1 cm³/mol. The van der Waals surface area contributed by atoms with Gasteiger partial charge < -0.3 is 5.11 Å². The molecule has 5 heteroatoms. The molecule has 0 aromatic carbocycles. The minimum atomic E-state index is -1.14. The van der Waals surface area contributed by atoms with Crippen molar-refractivity contribution in [2.75, 3.05) is 0 Å². The van der Waals surface area contributed by atoms with Gasteiger partial charge in [-0.25, -0.2) is 19.7 Å². The van der Waals surface area contributed by atoms with Gasteiger partial charge in [0.05, 0.1) is 0 Å². The van der Waals surface area contributed by atoms with Crippen LogP contribution in [0, 0.1) is 0 Å². The lowest BCUT2D eigenvalue weighted by molar-refractivity contribution is 0.0683. The molecule has 0 saturated carbocycles. The molecule has 0 unspecified atom stereocenters. The first-order valence-corrected chi connectivity index (χ1v) is 3.16. The Morgan fingerprint density at radius 2 is 1.82 bits per heavy atom. The van der Waals surface area contributed by atoms with Crippen LogP contribution in [0.3, 0.4) is 0 Å². The van der Waals surface area contributed by atoms with E-state index in [1.54, 1.807) is 0 Å². The molecule has 60 valence electrons. The van der Waals surface area contributed by atoms with E-state index in [0.717, 1.165) is 12.7 Å². The van der Waals surface area contributed by atoms with E-state index in [-0.39, 0.29) is 5.82 Å². The van der Waals surface area contributed by atoms with Crippen molar-refractivity contribution < 1.29 is 9.90 Å². The van der Waals surface area contributed by atoms with E-state index in [4.69, 9.17) is 5.11 Å². The summed E-state index contributed by atoms with van der Waals surface area (Å²) in [5, 5.41) is 8.23. The quantitative estimate of drug-likeness (QED) is 0.642. The highest BCUT2D eigenvalue weighted by atomic mass is 16.4. The second kappa shape index (κ2) is 5.28. The summed E-state index contributed by atoms with van der Waals surface area (Å²) in [5.74, 6) is -1.37. The molecule has 0 spiro atoms. The summed E-state index contributed by atoms with van der Waals surface area (Å²) in [6.45, 7) is 4.00. The maximum atomic E-state index is 10.0. The molecule has 0 amide bonds.